The Morgan fingerprint density at radius 1 is 1.13 bits per heavy atom. The van der Waals surface area contributed by atoms with Gasteiger partial charge in [-0.25, -0.2) is 9.59 Å². The summed E-state index contributed by atoms with van der Waals surface area (Å²) in [5, 5.41) is 0. The van der Waals surface area contributed by atoms with E-state index in [1.54, 1.807) is 13.8 Å². The normalized spacial score (nSPS) is 11.1. The molecule has 120 valence electrons. The molecule has 0 radical (unpaired) electrons. The molecule has 3 heterocycles. The number of carbonyl (C=O) groups is 2. The van der Waals surface area contributed by atoms with E-state index in [2.05, 4.69) is 0 Å². The molecule has 0 bridgehead atoms. The Bertz CT molecular complexity index is 906. The standard InChI is InChI=1S/C17H17NO4S/c1-4-21-16(19)12-11-8-6-7-9-18(11)13-10(3)14(23-15(12)13)17(20)22-5-2/h6-9H,4-5H2,1-3H3. The first-order valence-electron chi connectivity index (χ1n) is 7.46. The zero-order valence-electron chi connectivity index (χ0n) is 13.2. The molecule has 5 nitrogen and oxygen atoms in total. The fraction of sp³-hybridized carbons (Fsp3) is 0.294. The molecule has 3 aromatic rings. The molecule has 6 heteroatoms. The number of thiophene rings is 1. The molecule has 0 fully saturated rings. The number of aromatic nitrogens is 1. The number of rotatable bonds is 4. The lowest BCUT2D eigenvalue weighted by Crippen LogP contribution is -2.05. The van der Waals surface area contributed by atoms with Gasteiger partial charge in [-0.15, -0.1) is 11.3 Å². The number of aryl methyl sites for hydroxylation is 1. The van der Waals surface area contributed by atoms with Gasteiger partial charge in [-0.3, -0.25) is 0 Å². The van der Waals surface area contributed by atoms with E-state index in [-0.39, 0.29) is 11.9 Å². The van der Waals surface area contributed by atoms with Crippen LogP contribution >= 0.6 is 11.3 Å². The van der Waals surface area contributed by atoms with Gasteiger partial charge in [0.1, 0.15) is 10.4 Å². The van der Waals surface area contributed by atoms with Crippen molar-refractivity contribution < 1.29 is 19.1 Å². The first-order valence-corrected chi connectivity index (χ1v) is 8.28. The molecule has 0 N–H and O–H groups in total. The lowest BCUT2D eigenvalue weighted by Gasteiger charge is -2.03. The molecule has 0 amide bonds. The highest BCUT2D eigenvalue weighted by molar-refractivity contribution is 7.21. The van der Waals surface area contributed by atoms with Gasteiger partial charge in [-0.1, -0.05) is 6.07 Å². The molecular formula is C17H17NO4S. The largest absolute Gasteiger partial charge is 0.462 e. The molecule has 3 rings (SSSR count). The Kier molecular flexibility index (Phi) is 4.09. The summed E-state index contributed by atoms with van der Waals surface area (Å²) in [6.45, 7) is 6.05. The summed E-state index contributed by atoms with van der Waals surface area (Å²) in [6, 6.07) is 5.65. The maximum atomic E-state index is 12.4. The van der Waals surface area contributed by atoms with Crippen molar-refractivity contribution in [3.05, 3.63) is 40.4 Å². The van der Waals surface area contributed by atoms with Crippen molar-refractivity contribution in [3.63, 3.8) is 0 Å². The highest BCUT2D eigenvalue weighted by Crippen LogP contribution is 2.38. The van der Waals surface area contributed by atoms with Crippen LogP contribution < -0.4 is 0 Å². The van der Waals surface area contributed by atoms with Crippen LogP contribution in [0.5, 0.6) is 0 Å². The molecule has 0 aromatic carbocycles. The van der Waals surface area contributed by atoms with Crippen LogP contribution in [0.2, 0.25) is 0 Å². The number of fused-ring (bicyclic) bond motifs is 3. The second kappa shape index (κ2) is 6.04. The lowest BCUT2D eigenvalue weighted by molar-refractivity contribution is 0.0521. The summed E-state index contributed by atoms with van der Waals surface area (Å²) in [5.41, 5.74) is 2.97. The molecule has 0 spiro atoms. The fourth-order valence-electron chi connectivity index (χ4n) is 2.71. The van der Waals surface area contributed by atoms with E-state index in [0.717, 1.165) is 21.3 Å². The van der Waals surface area contributed by atoms with Gasteiger partial charge < -0.3 is 13.9 Å². The number of nitrogens with zero attached hydrogens (tertiary/aromatic N) is 1. The van der Waals surface area contributed by atoms with E-state index in [1.165, 1.54) is 11.3 Å². The Morgan fingerprint density at radius 3 is 2.52 bits per heavy atom. The van der Waals surface area contributed by atoms with E-state index in [0.29, 0.717) is 23.7 Å². The number of ether oxygens (including phenoxy) is 2. The average Bonchev–Trinajstić information content (AvgIpc) is 3.03. The summed E-state index contributed by atoms with van der Waals surface area (Å²) in [7, 11) is 0. The van der Waals surface area contributed by atoms with Gasteiger partial charge in [0, 0.05) is 6.20 Å². The van der Waals surface area contributed by atoms with Crippen molar-refractivity contribution in [2.75, 3.05) is 13.2 Å². The summed E-state index contributed by atoms with van der Waals surface area (Å²) >= 11 is 1.28. The average molecular weight is 331 g/mol. The molecule has 0 aliphatic carbocycles. The topological polar surface area (TPSA) is 57.0 Å². The third kappa shape index (κ3) is 2.39. The van der Waals surface area contributed by atoms with Crippen LogP contribution in [-0.4, -0.2) is 29.6 Å². The molecule has 0 unspecified atom stereocenters. The Balaban J connectivity index is 2.33. The maximum absolute atomic E-state index is 12.4. The number of pyridine rings is 1. The molecule has 0 saturated carbocycles. The number of carbonyl (C=O) groups excluding carboxylic acids is 2. The smallest absolute Gasteiger partial charge is 0.348 e. The predicted octanol–water partition coefficient (Wildman–Crippen LogP) is 3.82. The van der Waals surface area contributed by atoms with Crippen molar-refractivity contribution in [2.24, 2.45) is 0 Å². The number of hydrogen-bond donors (Lipinski definition) is 0. The van der Waals surface area contributed by atoms with Gasteiger partial charge >= 0.3 is 11.9 Å². The van der Waals surface area contributed by atoms with Crippen molar-refractivity contribution in [2.45, 2.75) is 20.8 Å². The quantitative estimate of drug-likeness (QED) is 0.682. The second-order valence-corrected chi connectivity index (χ2v) is 6.03. The van der Waals surface area contributed by atoms with Crippen molar-refractivity contribution in [1.29, 1.82) is 0 Å². The predicted molar refractivity (Wildman–Crippen MR) is 89.4 cm³/mol. The van der Waals surface area contributed by atoms with Crippen LogP contribution in [0.25, 0.3) is 15.7 Å². The first kappa shape index (κ1) is 15.6. The minimum absolute atomic E-state index is 0.305. The van der Waals surface area contributed by atoms with Crippen molar-refractivity contribution >= 4 is 39.0 Å². The number of esters is 2. The second-order valence-electron chi connectivity index (χ2n) is 5.01. The van der Waals surface area contributed by atoms with E-state index in [1.807, 2.05) is 35.7 Å². The van der Waals surface area contributed by atoms with E-state index < -0.39 is 0 Å². The minimum atomic E-state index is -0.372. The highest BCUT2D eigenvalue weighted by Gasteiger charge is 2.26. The van der Waals surface area contributed by atoms with Crippen molar-refractivity contribution in [3.8, 4) is 0 Å². The van der Waals surface area contributed by atoms with Crippen LogP contribution in [0.3, 0.4) is 0 Å². The van der Waals surface area contributed by atoms with E-state index in [9.17, 15) is 9.59 Å². The molecule has 23 heavy (non-hydrogen) atoms. The van der Waals surface area contributed by atoms with Crippen LogP contribution in [0.4, 0.5) is 0 Å². The van der Waals surface area contributed by atoms with Gasteiger partial charge in [0.25, 0.3) is 0 Å². The Labute approximate surface area is 137 Å². The summed E-state index contributed by atoms with van der Waals surface area (Å²) in [4.78, 5) is 25.1. The lowest BCUT2D eigenvalue weighted by atomic mass is 10.2. The van der Waals surface area contributed by atoms with Gasteiger partial charge in [-0.05, 0) is 38.5 Å². The molecule has 0 aliphatic rings. The van der Waals surface area contributed by atoms with Crippen molar-refractivity contribution in [1.82, 2.24) is 4.40 Å². The Morgan fingerprint density at radius 2 is 1.83 bits per heavy atom. The summed E-state index contributed by atoms with van der Waals surface area (Å²) in [5.74, 6) is -0.728. The van der Waals surface area contributed by atoms with Gasteiger partial charge in [0.2, 0.25) is 0 Å². The highest BCUT2D eigenvalue weighted by atomic mass is 32.1. The van der Waals surface area contributed by atoms with Crippen LogP contribution in [0.15, 0.2) is 24.4 Å². The van der Waals surface area contributed by atoms with Gasteiger partial charge in [0.05, 0.1) is 28.9 Å². The van der Waals surface area contributed by atoms with E-state index >= 15 is 0 Å². The third-order valence-electron chi connectivity index (χ3n) is 3.64. The summed E-state index contributed by atoms with van der Waals surface area (Å²) in [6.07, 6.45) is 1.88. The monoisotopic (exact) mass is 331 g/mol. The van der Waals surface area contributed by atoms with E-state index in [4.69, 9.17) is 9.47 Å². The van der Waals surface area contributed by atoms with Crippen LogP contribution in [-0.2, 0) is 9.47 Å². The van der Waals surface area contributed by atoms with Gasteiger partial charge in [-0.2, -0.15) is 0 Å². The zero-order chi connectivity index (χ0) is 16.6. The molecule has 0 saturated heterocycles. The Hall–Kier alpha value is -2.34. The first-order chi connectivity index (χ1) is 11.1. The molecular weight excluding hydrogens is 314 g/mol. The van der Waals surface area contributed by atoms with Crippen LogP contribution in [0.1, 0.15) is 39.4 Å². The summed E-state index contributed by atoms with van der Waals surface area (Å²) < 4.78 is 13.0. The third-order valence-corrected chi connectivity index (χ3v) is 4.92. The number of hydrogen-bond acceptors (Lipinski definition) is 5. The maximum Gasteiger partial charge on any atom is 0.348 e. The fourth-order valence-corrected chi connectivity index (χ4v) is 3.95. The SMILES string of the molecule is CCOC(=O)c1sc2c(C(=O)OCC)c3ccccn3c2c1C. The zero-order valence-corrected chi connectivity index (χ0v) is 14.0. The molecule has 3 aromatic heterocycles. The molecule has 0 aliphatic heterocycles. The van der Waals surface area contributed by atoms with Crippen LogP contribution in [0, 0.1) is 6.92 Å². The van der Waals surface area contributed by atoms with Gasteiger partial charge in [0.15, 0.2) is 0 Å². The minimum Gasteiger partial charge on any atom is -0.462 e. The molecule has 0 atom stereocenters.